The minimum absolute atomic E-state index is 0.0679. The van der Waals surface area contributed by atoms with Crippen molar-refractivity contribution in [1.82, 2.24) is 0 Å². The third-order valence-electron chi connectivity index (χ3n) is 3.40. The summed E-state index contributed by atoms with van der Waals surface area (Å²) >= 11 is 0. The summed E-state index contributed by atoms with van der Waals surface area (Å²) in [5.41, 5.74) is 0. The van der Waals surface area contributed by atoms with Crippen LogP contribution in [0, 0.1) is 0 Å². The van der Waals surface area contributed by atoms with Crippen LogP contribution in [0.25, 0.3) is 0 Å². The summed E-state index contributed by atoms with van der Waals surface area (Å²) in [7, 11) is 0. The predicted molar refractivity (Wildman–Crippen MR) is 96.2 cm³/mol. The van der Waals surface area contributed by atoms with Gasteiger partial charge in [-0.1, -0.05) is 74.8 Å². The number of carboxylic acids is 1. The Morgan fingerprint density at radius 2 is 1.62 bits per heavy atom. The Balaban J connectivity index is 3.80. The van der Waals surface area contributed by atoms with E-state index in [4.69, 9.17) is 0 Å². The summed E-state index contributed by atoms with van der Waals surface area (Å²) in [5, 5.41) is 29.6. The summed E-state index contributed by atoms with van der Waals surface area (Å²) in [6.45, 7) is 2.14. The summed E-state index contributed by atoms with van der Waals surface area (Å²) < 4.78 is 0. The molecule has 4 nitrogen and oxygen atoms in total. The number of rotatable bonds is 14. The number of hydrogen-bond acceptors (Lipinski definition) is 4. The number of aliphatic hydroxyl groups is 2. The van der Waals surface area contributed by atoms with Gasteiger partial charge in [-0.3, -0.25) is 0 Å². The van der Waals surface area contributed by atoms with E-state index in [0.29, 0.717) is 19.3 Å². The first-order valence-electron chi connectivity index (χ1n) is 8.78. The van der Waals surface area contributed by atoms with Crippen molar-refractivity contribution in [3.05, 3.63) is 48.6 Å². The molecule has 2 N–H and O–H groups in total. The van der Waals surface area contributed by atoms with E-state index in [-0.39, 0.29) is 6.42 Å². The molecule has 136 valence electrons. The third-order valence-corrected chi connectivity index (χ3v) is 3.40. The molecule has 0 aliphatic heterocycles. The molecule has 0 spiro atoms. The molecule has 0 amide bonds. The van der Waals surface area contributed by atoms with Gasteiger partial charge in [-0.25, -0.2) is 0 Å². The number of aliphatic hydroxyl groups excluding tert-OH is 2. The second kappa shape index (κ2) is 16.2. The number of aliphatic carboxylic acids is 1. The van der Waals surface area contributed by atoms with Gasteiger partial charge in [0.25, 0.3) is 0 Å². The van der Waals surface area contributed by atoms with Crippen LogP contribution >= 0.6 is 0 Å². The monoisotopic (exact) mass is 335 g/mol. The van der Waals surface area contributed by atoms with Crippen molar-refractivity contribution >= 4 is 5.97 Å². The molecular weight excluding hydrogens is 304 g/mol. The Hall–Kier alpha value is -1.65. The van der Waals surface area contributed by atoms with E-state index < -0.39 is 18.2 Å². The SMILES string of the molecule is CCCCC[C@H](O)/C=C/C=C\C=C\[C@@H](O)C/C=C\CCCC(=O)[O-]. The zero-order valence-corrected chi connectivity index (χ0v) is 14.6. The maximum absolute atomic E-state index is 10.2. The van der Waals surface area contributed by atoms with Crippen molar-refractivity contribution in [1.29, 1.82) is 0 Å². The first-order valence-corrected chi connectivity index (χ1v) is 8.78. The van der Waals surface area contributed by atoms with Gasteiger partial charge in [-0.05, 0) is 32.1 Å². The van der Waals surface area contributed by atoms with Crippen LogP contribution in [0.5, 0.6) is 0 Å². The molecular formula is C20H31O4-. The van der Waals surface area contributed by atoms with Gasteiger partial charge in [0.05, 0.1) is 12.2 Å². The fourth-order valence-electron chi connectivity index (χ4n) is 2.01. The number of allylic oxidation sites excluding steroid dienone is 5. The lowest BCUT2D eigenvalue weighted by Gasteiger charge is -2.02. The Bertz CT molecular complexity index is 421. The molecule has 4 heteroatoms. The zero-order valence-electron chi connectivity index (χ0n) is 14.6. The lowest BCUT2D eigenvalue weighted by molar-refractivity contribution is -0.305. The summed E-state index contributed by atoms with van der Waals surface area (Å²) in [6.07, 6.45) is 19.4. The quantitative estimate of drug-likeness (QED) is 0.291. The first kappa shape index (κ1) is 22.4. The van der Waals surface area contributed by atoms with E-state index in [1.54, 1.807) is 18.2 Å². The van der Waals surface area contributed by atoms with Crippen molar-refractivity contribution < 1.29 is 20.1 Å². The molecule has 0 unspecified atom stereocenters. The van der Waals surface area contributed by atoms with E-state index in [0.717, 1.165) is 25.7 Å². The van der Waals surface area contributed by atoms with Crippen molar-refractivity contribution in [3.63, 3.8) is 0 Å². The highest BCUT2D eigenvalue weighted by Gasteiger charge is 1.96. The molecule has 0 aliphatic rings. The average Bonchev–Trinajstić information content (AvgIpc) is 2.54. The Morgan fingerprint density at radius 3 is 2.25 bits per heavy atom. The standard InChI is InChI=1S/C20H32O4/c1-2-3-8-13-18(21)14-9-4-5-10-15-19(22)16-11-6-7-12-17-20(23)24/h4-6,9-11,14-15,18-19,21-22H,2-3,7-8,12-13,16-17H2,1H3,(H,23,24)/p-1/b5-4-,11-6-,14-9+,15-10+/t18-,19+/m0/s1. The number of carbonyl (C=O) groups excluding carboxylic acids is 1. The van der Waals surface area contributed by atoms with Gasteiger partial charge < -0.3 is 20.1 Å². The van der Waals surface area contributed by atoms with Crippen molar-refractivity contribution in [2.75, 3.05) is 0 Å². The average molecular weight is 335 g/mol. The van der Waals surface area contributed by atoms with Crippen molar-refractivity contribution in [2.24, 2.45) is 0 Å². The number of hydrogen-bond donors (Lipinski definition) is 2. The van der Waals surface area contributed by atoms with Crippen LogP contribution in [-0.2, 0) is 4.79 Å². The highest BCUT2D eigenvalue weighted by molar-refractivity contribution is 5.64. The van der Waals surface area contributed by atoms with Gasteiger partial charge in [0.2, 0.25) is 0 Å². The molecule has 0 bridgehead atoms. The second-order valence-corrected chi connectivity index (χ2v) is 5.76. The van der Waals surface area contributed by atoms with Crippen molar-refractivity contribution in [2.45, 2.75) is 70.5 Å². The highest BCUT2D eigenvalue weighted by Crippen LogP contribution is 2.04. The normalized spacial score (nSPS) is 15.1. The minimum Gasteiger partial charge on any atom is -0.550 e. The zero-order chi connectivity index (χ0) is 18.0. The summed E-state index contributed by atoms with van der Waals surface area (Å²) in [6, 6.07) is 0. The third kappa shape index (κ3) is 16.7. The smallest absolute Gasteiger partial charge is 0.0758 e. The van der Waals surface area contributed by atoms with E-state index in [9.17, 15) is 20.1 Å². The fourth-order valence-corrected chi connectivity index (χ4v) is 2.01. The van der Waals surface area contributed by atoms with Crippen molar-refractivity contribution in [3.8, 4) is 0 Å². The van der Waals surface area contributed by atoms with E-state index in [1.807, 2.05) is 30.4 Å². The van der Waals surface area contributed by atoms with Gasteiger partial charge in [0, 0.05) is 5.97 Å². The van der Waals surface area contributed by atoms with Crippen LogP contribution in [0.1, 0.15) is 58.3 Å². The fraction of sp³-hybridized carbons (Fsp3) is 0.550. The molecule has 0 aliphatic carbocycles. The van der Waals surface area contributed by atoms with E-state index in [1.165, 1.54) is 0 Å². The van der Waals surface area contributed by atoms with Crippen LogP contribution < -0.4 is 5.11 Å². The lowest BCUT2D eigenvalue weighted by Crippen LogP contribution is -2.21. The second-order valence-electron chi connectivity index (χ2n) is 5.76. The molecule has 0 saturated heterocycles. The topological polar surface area (TPSA) is 80.6 Å². The lowest BCUT2D eigenvalue weighted by atomic mass is 10.1. The van der Waals surface area contributed by atoms with Crippen LogP contribution in [-0.4, -0.2) is 28.4 Å². The van der Waals surface area contributed by atoms with Crippen LogP contribution in [0.15, 0.2) is 48.6 Å². The molecule has 0 fully saturated rings. The number of unbranched alkanes of at least 4 members (excludes halogenated alkanes) is 3. The predicted octanol–water partition coefficient (Wildman–Crippen LogP) is 2.82. The molecule has 2 atom stereocenters. The molecule has 0 aromatic carbocycles. The summed E-state index contributed by atoms with van der Waals surface area (Å²) in [4.78, 5) is 10.2. The first-order chi connectivity index (χ1) is 11.6. The van der Waals surface area contributed by atoms with Crippen LogP contribution in [0.3, 0.4) is 0 Å². The minimum atomic E-state index is -1.03. The molecule has 0 saturated carbocycles. The number of carbonyl (C=O) groups is 1. The van der Waals surface area contributed by atoms with Gasteiger partial charge in [-0.15, -0.1) is 0 Å². The van der Waals surface area contributed by atoms with E-state index in [2.05, 4.69) is 6.92 Å². The molecule has 0 heterocycles. The molecule has 0 aromatic heterocycles. The Morgan fingerprint density at radius 1 is 0.958 bits per heavy atom. The molecule has 0 aromatic rings. The Kier molecular flexibility index (Phi) is 15.1. The highest BCUT2D eigenvalue weighted by atomic mass is 16.4. The molecule has 0 radical (unpaired) electrons. The van der Waals surface area contributed by atoms with Crippen LogP contribution in [0.4, 0.5) is 0 Å². The summed E-state index contributed by atoms with van der Waals surface area (Å²) in [5.74, 6) is -1.03. The van der Waals surface area contributed by atoms with Crippen LogP contribution in [0.2, 0.25) is 0 Å². The maximum Gasteiger partial charge on any atom is 0.0758 e. The molecule has 0 rings (SSSR count). The Labute approximate surface area is 145 Å². The van der Waals surface area contributed by atoms with Gasteiger partial charge >= 0.3 is 0 Å². The maximum atomic E-state index is 10.2. The number of carboxylic acid groups (broad SMARTS) is 1. The molecule has 24 heavy (non-hydrogen) atoms. The van der Waals surface area contributed by atoms with Gasteiger partial charge in [-0.2, -0.15) is 0 Å². The van der Waals surface area contributed by atoms with Gasteiger partial charge in [0.1, 0.15) is 0 Å². The largest absolute Gasteiger partial charge is 0.550 e. The van der Waals surface area contributed by atoms with Gasteiger partial charge in [0.15, 0.2) is 0 Å². The van der Waals surface area contributed by atoms with E-state index >= 15 is 0 Å².